The summed E-state index contributed by atoms with van der Waals surface area (Å²) in [5.74, 6) is 0.397. The van der Waals surface area contributed by atoms with E-state index in [0.717, 1.165) is 32.1 Å². The van der Waals surface area contributed by atoms with Crippen LogP contribution in [0.3, 0.4) is 0 Å². The highest BCUT2D eigenvalue weighted by Crippen LogP contribution is 2.44. The largest absolute Gasteiger partial charge is 0.290 e. The molecule has 0 radical (unpaired) electrons. The van der Waals surface area contributed by atoms with Crippen molar-refractivity contribution in [3.63, 3.8) is 0 Å². The highest BCUT2D eigenvalue weighted by molar-refractivity contribution is 6.29. The van der Waals surface area contributed by atoms with Crippen molar-refractivity contribution in [1.82, 2.24) is 9.97 Å². The lowest BCUT2D eigenvalue weighted by Gasteiger charge is -2.32. The number of aromatic nitrogens is 2. The SMILES string of the molecule is CCC1=N[C@@H](C)CC1(c1cccnc1)c1cccc(C[C@@H]2C[C@H](c3ccc(Cl)nc3)C(CC)=[N+]2C)c1. The molecule has 36 heavy (non-hydrogen) atoms. The molecule has 0 aliphatic carbocycles. The Morgan fingerprint density at radius 3 is 2.56 bits per heavy atom. The molecule has 0 saturated carbocycles. The summed E-state index contributed by atoms with van der Waals surface area (Å²) in [7, 11) is 2.26. The maximum absolute atomic E-state index is 6.07. The van der Waals surface area contributed by atoms with Gasteiger partial charge in [0.05, 0.1) is 11.3 Å². The molecule has 0 amide bonds. The Kier molecular flexibility index (Phi) is 7.07. The van der Waals surface area contributed by atoms with E-state index in [1.54, 1.807) is 0 Å². The minimum atomic E-state index is -0.196. The third-order valence-electron chi connectivity index (χ3n) is 8.28. The van der Waals surface area contributed by atoms with E-state index in [4.69, 9.17) is 16.6 Å². The Labute approximate surface area is 220 Å². The molecule has 0 fully saturated rings. The summed E-state index contributed by atoms with van der Waals surface area (Å²) in [5, 5.41) is 0.551. The van der Waals surface area contributed by atoms with Crippen molar-refractivity contribution in [2.45, 2.75) is 76.3 Å². The lowest BCUT2D eigenvalue weighted by molar-refractivity contribution is -0.530. The van der Waals surface area contributed by atoms with Crippen molar-refractivity contribution < 1.29 is 4.58 Å². The molecule has 0 spiro atoms. The molecule has 4 atom stereocenters. The molecule has 1 aromatic carbocycles. The first-order valence-electron chi connectivity index (χ1n) is 13.2. The fourth-order valence-electron chi connectivity index (χ4n) is 6.65. The number of aliphatic imine (C=N–C) groups is 1. The molecular formula is C31H36ClN4+. The molecule has 1 unspecified atom stereocenters. The normalized spacial score (nSPS) is 25.9. The fraction of sp³-hybridized carbons (Fsp3) is 0.419. The van der Waals surface area contributed by atoms with E-state index in [1.807, 2.05) is 24.7 Å². The maximum Gasteiger partial charge on any atom is 0.159 e. The van der Waals surface area contributed by atoms with Gasteiger partial charge in [0.15, 0.2) is 11.8 Å². The third-order valence-corrected chi connectivity index (χ3v) is 8.50. The Morgan fingerprint density at radius 1 is 1.03 bits per heavy atom. The van der Waals surface area contributed by atoms with E-state index < -0.39 is 0 Å². The average molecular weight is 500 g/mol. The van der Waals surface area contributed by atoms with Crippen molar-refractivity contribution >= 4 is 23.0 Å². The lowest BCUT2D eigenvalue weighted by Crippen LogP contribution is -2.35. The van der Waals surface area contributed by atoms with Gasteiger partial charge in [-0.1, -0.05) is 61.8 Å². The summed E-state index contributed by atoms with van der Waals surface area (Å²) in [5.41, 5.74) is 7.80. The first-order valence-corrected chi connectivity index (χ1v) is 13.6. The van der Waals surface area contributed by atoms with Crippen LogP contribution in [0.5, 0.6) is 0 Å². The molecule has 3 aromatic rings. The summed E-state index contributed by atoms with van der Waals surface area (Å²) in [4.78, 5) is 13.9. The van der Waals surface area contributed by atoms with Gasteiger partial charge < -0.3 is 0 Å². The molecule has 0 bridgehead atoms. The highest BCUT2D eigenvalue weighted by atomic mass is 35.5. The van der Waals surface area contributed by atoms with Crippen molar-refractivity contribution in [3.05, 3.63) is 94.5 Å². The molecular weight excluding hydrogens is 464 g/mol. The van der Waals surface area contributed by atoms with Gasteiger partial charge in [-0.25, -0.2) is 9.56 Å². The van der Waals surface area contributed by atoms with Crippen molar-refractivity contribution in [2.24, 2.45) is 4.99 Å². The van der Waals surface area contributed by atoms with E-state index in [0.29, 0.717) is 23.2 Å². The van der Waals surface area contributed by atoms with Gasteiger partial charge >= 0.3 is 0 Å². The second-order valence-electron chi connectivity index (χ2n) is 10.3. The predicted octanol–water partition coefficient (Wildman–Crippen LogP) is 6.65. The van der Waals surface area contributed by atoms with Gasteiger partial charge in [-0.15, -0.1) is 0 Å². The molecule has 5 heteroatoms. The molecule has 0 N–H and O–H groups in total. The minimum absolute atomic E-state index is 0.196. The number of hydrogen-bond donors (Lipinski definition) is 0. The third kappa shape index (κ3) is 4.41. The van der Waals surface area contributed by atoms with E-state index in [2.05, 4.69) is 84.8 Å². The molecule has 5 rings (SSSR count). The Bertz CT molecular complexity index is 1280. The van der Waals surface area contributed by atoms with Crippen LogP contribution < -0.4 is 0 Å². The molecule has 0 saturated heterocycles. The summed E-state index contributed by atoms with van der Waals surface area (Å²) in [6.07, 6.45) is 10.9. The van der Waals surface area contributed by atoms with E-state index in [9.17, 15) is 0 Å². The summed E-state index contributed by atoms with van der Waals surface area (Å²) >= 11 is 6.07. The standard InChI is InChI=1S/C31H36ClN4/c1-5-28-27(23-12-13-30(32)34-19-23)17-26(36(28)4)16-22-9-7-10-24(15-22)31(25-11-8-14-33-20-25)18-21(3)35-29(31)6-2/h7-15,19-21,26-27H,5-6,16-18H2,1-4H3/q+1/t21-,26+,27+,31?/m0/s1. The summed E-state index contributed by atoms with van der Waals surface area (Å²) in [6.45, 7) is 6.72. The van der Waals surface area contributed by atoms with Crippen LogP contribution in [-0.2, 0) is 11.8 Å². The Balaban J connectivity index is 1.47. The minimum Gasteiger partial charge on any atom is -0.290 e. The van der Waals surface area contributed by atoms with Crippen molar-refractivity contribution in [2.75, 3.05) is 7.05 Å². The van der Waals surface area contributed by atoms with Gasteiger partial charge in [-0.3, -0.25) is 9.98 Å². The molecule has 4 heterocycles. The maximum atomic E-state index is 6.07. The van der Waals surface area contributed by atoms with Crippen LogP contribution in [-0.4, -0.2) is 45.1 Å². The van der Waals surface area contributed by atoms with Crippen LogP contribution in [0, 0.1) is 0 Å². The topological polar surface area (TPSA) is 41.1 Å². The fourth-order valence-corrected chi connectivity index (χ4v) is 6.76. The van der Waals surface area contributed by atoms with Gasteiger partial charge in [0.25, 0.3) is 0 Å². The number of hydrogen-bond acceptors (Lipinski definition) is 3. The smallest absolute Gasteiger partial charge is 0.159 e. The van der Waals surface area contributed by atoms with Gasteiger partial charge in [0.1, 0.15) is 12.2 Å². The summed E-state index contributed by atoms with van der Waals surface area (Å²) in [6, 6.07) is 18.3. The van der Waals surface area contributed by atoms with E-state index >= 15 is 0 Å². The van der Waals surface area contributed by atoms with E-state index in [-0.39, 0.29) is 5.41 Å². The molecule has 2 aromatic heterocycles. The monoisotopic (exact) mass is 499 g/mol. The van der Waals surface area contributed by atoms with Gasteiger partial charge in [-0.05, 0) is 54.2 Å². The molecule has 2 aliphatic heterocycles. The molecule has 186 valence electrons. The zero-order valence-electron chi connectivity index (χ0n) is 21.8. The van der Waals surface area contributed by atoms with Crippen LogP contribution in [0.15, 0.2) is 72.1 Å². The van der Waals surface area contributed by atoms with Gasteiger partial charge in [0.2, 0.25) is 0 Å². The first-order chi connectivity index (χ1) is 17.5. The van der Waals surface area contributed by atoms with E-state index in [1.165, 1.54) is 33.7 Å². The van der Waals surface area contributed by atoms with Crippen molar-refractivity contribution in [1.29, 1.82) is 0 Å². The van der Waals surface area contributed by atoms with Gasteiger partial charge in [-0.2, -0.15) is 0 Å². The lowest BCUT2D eigenvalue weighted by atomic mass is 9.68. The number of benzene rings is 1. The number of pyridine rings is 2. The molecule has 2 aliphatic rings. The van der Waals surface area contributed by atoms with Crippen LogP contribution in [0.2, 0.25) is 5.15 Å². The molecule has 4 nitrogen and oxygen atoms in total. The quantitative estimate of drug-likeness (QED) is 0.269. The van der Waals surface area contributed by atoms with Crippen LogP contribution >= 0.6 is 11.6 Å². The number of likely N-dealkylation sites (N-methyl/N-ethyl adjacent to an activating group) is 1. The highest BCUT2D eigenvalue weighted by Gasteiger charge is 2.44. The van der Waals surface area contributed by atoms with Crippen LogP contribution in [0.4, 0.5) is 0 Å². The Hall–Kier alpha value is -2.85. The van der Waals surface area contributed by atoms with Gasteiger partial charge in [0, 0.05) is 49.6 Å². The first kappa shape index (κ1) is 24.8. The number of nitrogens with zero attached hydrogens (tertiary/aromatic N) is 4. The Morgan fingerprint density at radius 2 is 1.86 bits per heavy atom. The zero-order valence-corrected chi connectivity index (χ0v) is 22.5. The predicted molar refractivity (Wildman–Crippen MR) is 149 cm³/mol. The summed E-state index contributed by atoms with van der Waals surface area (Å²) < 4.78 is 2.51. The van der Waals surface area contributed by atoms with Crippen LogP contribution in [0.25, 0.3) is 0 Å². The second kappa shape index (κ2) is 10.3. The average Bonchev–Trinajstić information content (AvgIpc) is 3.41. The second-order valence-corrected chi connectivity index (χ2v) is 10.7. The van der Waals surface area contributed by atoms with Crippen LogP contribution in [0.1, 0.15) is 74.6 Å². The zero-order chi connectivity index (χ0) is 25.3. The number of halogens is 1. The van der Waals surface area contributed by atoms with Crippen molar-refractivity contribution in [3.8, 4) is 0 Å². The number of rotatable bonds is 7.